The Morgan fingerprint density at radius 2 is 2.03 bits per heavy atom. The third-order valence-corrected chi connectivity index (χ3v) is 7.03. The van der Waals surface area contributed by atoms with Crippen LogP contribution in [0.5, 0.6) is 0 Å². The lowest BCUT2D eigenvalue weighted by Gasteiger charge is -2.39. The number of carbonyl (C=O) groups excluding carboxylic acids is 2. The van der Waals surface area contributed by atoms with Gasteiger partial charge in [0.15, 0.2) is 0 Å². The van der Waals surface area contributed by atoms with Crippen molar-refractivity contribution in [3.8, 4) is 0 Å². The summed E-state index contributed by atoms with van der Waals surface area (Å²) in [6, 6.07) is 2.21. The van der Waals surface area contributed by atoms with E-state index in [0.717, 1.165) is 12.8 Å². The fraction of sp³-hybridized carbons (Fsp3) is 0.583. The number of nitrogens with one attached hydrogen (secondary N) is 1. The first-order chi connectivity index (χ1) is 15.9. The minimum atomic E-state index is -0.793. The van der Waals surface area contributed by atoms with Gasteiger partial charge in [-0.3, -0.25) is 9.59 Å². The zero-order valence-corrected chi connectivity index (χ0v) is 21.5. The van der Waals surface area contributed by atoms with Crippen molar-refractivity contribution in [1.29, 1.82) is 0 Å². The normalized spacial score (nSPS) is 20.7. The molecule has 2 aliphatic rings. The van der Waals surface area contributed by atoms with Gasteiger partial charge in [-0.25, -0.2) is 10.2 Å². The summed E-state index contributed by atoms with van der Waals surface area (Å²) < 4.78 is 14.3. The Morgan fingerprint density at radius 3 is 2.59 bits per heavy atom. The number of allylic oxidation sites excluding steroid dienone is 1. The van der Waals surface area contributed by atoms with E-state index < -0.39 is 41.9 Å². The molecule has 1 aliphatic heterocycles. The Balaban J connectivity index is 1.77. The number of amides is 2. The van der Waals surface area contributed by atoms with Gasteiger partial charge in [0, 0.05) is 24.4 Å². The molecule has 34 heavy (non-hydrogen) atoms. The smallest absolute Gasteiger partial charge is 0.248 e. The van der Waals surface area contributed by atoms with Crippen molar-refractivity contribution in [3.05, 3.63) is 45.9 Å². The van der Waals surface area contributed by atoms with E-state index in [0.29, 0.717) is 41.0 Å². The molecular weight excluding hydrogens is 505 g/mol. The fourth-order valence-corrected chi connectivity index (χ4v) is 4.65. The monoisotopic (exact) mass is 539 g/mol. The van der Waals surface area contributed by atoms with Gasteiger partial charge in [0.1, 0.15) is 17.9 Å². The predicted octanol–water partition coefficient (Wildman–Crippen LogP) is 2.53. The summed E-state index contributed by atoms with van der Waals surface area (Å²) in [5.74, 6) is 5.51. The highest BCUT2D eigenvalue weighted by atomic mass is 79.9. The van der Waals surface area contributed by atoms with Crippen LogP contribution in [0.1, 0.15) is 58.1 Å². The van der Waals surface area contributed by atoms with Gasteiger partial charge in [-0.1, -0.05) is 26.8 Å². The molecular formula is C24H35BrFN5O3. The SMILES string of the molecule is CC(C)(C)[C@@H](C(=O)N1CCC[C@H]1C(=O)NC(CO)c1ccc(Br)c(F)c1)N(N)/C=C(\N)C1CC1. The predicted molar refractivity (Wildman–Crippen MR) is 131 cm³/mol. The summed E-state index contributed by atoms with van der Waals surface area (Å²) in [6.45, 7) is 5.79. The molecule has 0 radical (unpaired) electrons. The average molecular weight is 540 g/mol. The zero-order chi connectivity index (χ0) is 25.2. The number of nitrogens with two attached hydrogens (primary N) is 2. The van der Waals surface area contributed by atoms with Crippen molar-refractivity contribution in [2.24, 2.45) is 22.9 Å². The minimum Gasteiger partial charge on any atom is -0.401 e. The van der Waals surface area contributed by atoms with Gasteiger partial charge in [0.25, 0.3) is 0 Å². The molecule has 8 nitrogen and oxygen atoms in total. The van der Waals surface area contributed by atoms with Crippen LogP contribution in [0.3, 0.4) is 0 Å². The van der Waals surface area contributed by atoms with Crippen LogP contribution in [0.25, 0.3) is 0 Å². The van der Waals surface area contributed by atoms with Crippen molar-refractivity contribution in [1.82, 2.24) is 15.2 Å². The topological polar surface area (TPSA) is 125 Å². The molecule has 2 fully saturated rings. The largest absolute Gasteiger partial charge is 0.401 e. The molecule has 188 valence electrons. The number of aliphatic hydroxyl groups excluding tert-OH is 1. The summed E-state index contributed by atoms with van der Waals surface area (Å²) in [5, 5.41) is 14.0. The number of aliphatic hydroxyl groups is 1. The zero-order valence-electron chi connectivity index (χ0n) is 19.9. The van der Waals surface area contributed by atoms with Gasteiger partial charge in [0.2, 0.25) is 11.8 Å². The number of hydrogen-bond donors (Lipinski definition) is 4. The quantitative estimate of drug-likeness (QED) is 0.297. The Morgan fingerprint density at radius 1 is 1.35 bits per heavy atom. The second kappa shape index (κ2) is 10.6. The first-order valence-corrected chi connectivity index (χ1v) is 12.4. The molecule has 1 saturated heterocycles. The number of halogens is 2. The molecule has 1 aromatic rings. The second-order valence-electron chi connectivity index (χ2n) is 10.2. The molecule has 10 heteroatoms. The van der Waals surface area contributed by atoms with Crippen LogP contribution >= 0.6 is 15.9 Å². The molecule has 1 aromatic carbocycles. The molecule has 1 saturated carbocycles. The number of carbonyl (C=O) groups is 2. The number of nitrogens with zero attached hydrogens (tertiary/aromatic N) is 2. The van der Waals surface area contributed by atoms with E-state index in [1.807, 2.05) is 20.8 Å². The average Bonchev–Trinajstić information content (AvgIpc) is 3.49. The van der Waals surface area contributed by atoms with Crippen LogP contribution < -0.4 is 16.9 Å². The summed E-state index contributed by atoms with van der Waals surface area (Å²) in [6.07, 6.45) is 4.84. The summed E-state index contributed by atoms with van der Waals surface area (Å²) >= 11 is 3.10. The van der Waals surface area contributed by atoms with E-state index in [9.17, 15) is 19.1 Å². The maximum absolute atomic E-state index is 14.0. The summed E-state index contributed by atoms with van der Waals surface area (Å²) in [4.78, 5) is 28.4. The lowest BCUT2D eigenvalue weighted by molar-refractivity contribution is -0.145. The van der Waals surface area contributed by atoms with Crippen LogP contribution in [0.15, 0.2) is 34.6 Å². The Hall–Kier alpha value is -2.17. The second-order valence-corrected chi connectivity index (χ2v) is 11.1. The maximum Gasteiger partial charge on any atom is 0.248 e. The number of benzene rings is 1. The van der Waals surface area contributed by atoms with Gasteiger partial charge in [-0.15, -0.1) is 0 Å². The molecule has 3 rings (SSSR count). The molecule has 6 N–H and O–H groups in total. The van der Waals surface area contributed by atoms with Crippen molar-refractivity contribution in [2.45, 2.75) is 64.6 Å². The van der Waals surface area contributed by atoms with Gasteiger partial charge in [-0.2, -0.15) is 0 Å². The fourth-order valence-electron chi connectivity index (χ4n) is 4.41. The van der Waals surface area contributed by atoms with E-state index in [-0.39, 0.29) is 5.91 Å². The minimum absolute atomic E-state index is 0.247. The molecule has 1 aliphatic carbocycles. The van der Waals surface area contributed by atoms with E-state index in [1.54, 1.807) is 17.2 Å². The maximum atomic E-state index is 14.0. The Labute approximate surface area is 208 Å². The van der Waals surface area contributed by atoms with E-state index in [1.165, 1.54) is 17.1 Å². The standard InChI is InChI=1S/C24H35BrFN5O3/c1-24(2,3)21(31(28)12-18(27)14-6-7-14)23(34)30-10-4-5-20(30)22(33)29-19(13-32)15-8-9-16(25)17(26)11-15/h8-9,11-12,14,19-21,32H,4-7,10,13,27-28H2,1-3H3,(H,29,33)/b18-12-/t19?,20-,21+/m0/s1. The molecule has 3 atom stereocenters. The third kappa shape index (κ3) is 6.09. The Bertz CT molecular complexity index is 947. The lowest BCUT2D eigenvalue weighted by atomic mass is 9.85. The molecule has 1 heterocycles. The van der Waals surface area contributed by atoms with Crippen molar-refractivity contribution in [2.75, 3.05) is 13.2 Å². The van der Waals surface area contributed by atoms with Crippen LogP contribution in [0.2, 0.25) is 0 Å². The Kier molecular flexibility index (Phi) is 8.26. The number of hydrogen-bond acceptors (Lipinski definition) is 6. The molecule has 1 unspecified atom stereocenters. The number of likely N-dealkylation sites (tertiary alicyclic amines) is 1. The number of rotatable bonds is 8. The van der Waals surface area contributed by atoms with Crippen LogP contribution in [-0.2, 0) is 9.59 Å². The molecule has 0 spiro atoms. The molecule has 2 amide bonds. The molecule has 0 bridgehead atoms. The van der Waals surface area contributed by atoms with Crippen LogP contribution in [0.4, 0.5) is 4.39 Å². The van der Waals surface area contributed by atoms with Gasteiger partial charge < -0.3 is 26.1 Å². The van der Waals surface area contributed by atoms with Crippen LogP contribution in [0, 0.1) is 17.2 Å². The van der Waals surface area contributed by atoms with Crippen molar-refractivity contribution in [3.63, 3.8) is 0 Å². The summed E-state index contributed by atoms with van der Waals surface area (Å²) in [5.41, 5.74) is 6.72. The highest BCUT2D eigenvalue weighted by molar-refractivity contribution is 9.10. The third-order valence-electron chi connectivity index (χ3n) is 6.38. The van der Waals surface area contributed by atoms with Gasteiger partial charge in [-0.05, 0) is 64.7 Å². The van der Waals surface area contributed by atoms with Gasteiger partial charge >= 0.3 is 0 Å². The first kappa shape index (κ1) is 26.4. The van der Waals surface area contributed by atoms with Crippen molar-refractivity contribution < 1.29 is 19.1 Å². The van der Waals surface area contributed by atoms with Crippen molar-refractivity contribution >= 4 is 27.7 Å². The van der Waals surface area contributed by atoms with E-state index >= 15 is 0 Å². The number of hydrazine groups is 1. The highest BCUT2D eigenvalue weighted by Gasteiger charge is 2.43. The molecule has 0 aromatic heterocycles. The summed E-state index contributed by atoms with van der Waals surface area (Å²) in [7, 11) is 0. The first-order valence-electron chi connectivity index (χ1n) is 11.6. The van der Waals surface area contributed by atoms with Gasteiger partial charge in [0.05, 0.1) is 17.1 Å². The highest BCUT2D eigenvalue weighted by Crippen LogP contribution is 2.35. The van der Waals surface area contributed by atoms with Crippen LogP contribution in [-0.4, -0.2) is 52.1 Å². The van der Waals surface area contributed by atoms with E-state index in [2.05, 4.69) is 21.2 Å². The van der Waals surface area contributed by atoms with E-state index in [4.69, 9.17) is 11.6 Å². The lowest BCUT2D eigenvalue weighted by Crippen LogP contribution is -2.58.